The van der Waals surface area contributed by atoms with Crippen LogP contribution in [-0.2, 0) is 19.1 Å². The van der Waals surface area contributed by atoms with Crippen molar-refractivity contribution in [1.29, 1.82) is 0 Å². The first-order chi connectivity index (χ1) is 13.4. The Hall–Kier alpha value is -2.90. The minimum absolute atomic E-state index is 0.0157. The van der Waals surface area contributed by atoms with Crippen LogP contribution >= 0.6 is 0 Å². The van der Waals surface area contributed by atoms with E-state index in [1.165, 1.54) is 18.2 Å². The predicted molar refractivity (Wildman–Crippen MR) is 99.2 cm³/mol. The Labute approximate surface area is 163 Å². The standard InChI is InChI=1S/C20H26O8/c21-17(22)11-3-1-7-13-27-18(23)12-4-2-8-14-28-20(26)16-10-6-5-9-15(16)19(24)25/h5-6,9-10H,1-4,7-8,11-14H2,(H,21,22)(H,24,25). The van der Waals surface area contributed by atoms with Gasteiger partial charge < -0.3 is 19.7 Å². The van der Waals surface area contributed by atoms with E-state index < -0.39 is 17.9 Å². The molecule has 0 aromatic heterocycles. The molecular weight excluding hydrogens is 368 g/mol. The maximum absolute atomic E-state index is 11.9. The van der Waals surface area contributed by atoms with Crippen molar-refractivity contribution in [2.24, 2.45) is 0 Å². The quantitative estimate of drug-likeness (QED) is 0.363. The van der Waals surface area contributed by atoms with Crippen LogP contribution < -0.4 is 0 Å². The van der Waals surface area contributed by atoms with Gasteiger partial charge in [-0.2, -0.15) is 0 Å². The van der Waals surface area contributed by atoms with Crippen molar-refractivity contribution in [2.45, 2.75) is 51.4 Å². The number of carbonyl (C=O) groups excluding carboxylic acids is 2. The Morgan fingerprint density at radius 3 is 1.89 bits per heavy atom. The topological polar surface area (TPSA) is 127 Å². The number of hydrogen-bond donors (Lipinski definition) is 2. The molecule has 0 spiro atoms. The minimum atomic E-state index is -1.19. The molecule has 0 saturated carbocycles. The summed E-state index contributed by atoms with van der Waals surface area (Å²) in [5.41, 5.74) is -0.0832. The molecule has 8 heteroatoms. The molecule has 0 bridgehead atoms. The second-order valence-electron chi connectivity index (χ2n) is 6.22. The van der Waals surface area contributed by atoms with Gasteiger partial charge in [-0.3, -0.25) is 9.59 Å². The van der Waals surface area contributed by atoms with Gasteiger partial charge in [0.2, 0.25) is 0 Å². The third-order valence-corrected chi connectivity index (χ3v) is 3.93. The summed E-state index contributed by atoms with van der Waals surface area (Å²) in [6.45, 7) is 0.435. The number of aromatic carboxylic acids is 1. The zero-order valence-corrected chi connectivity index (χ0v) is 15.7. The van der Waals surface area contributed by atoms with Crippen LogP contribution in [0.15, 0.2) is 24.3 Å². The highest BCUT2D eigenvalue weighted by atomic mass is 16.5. The number of hydrogen-bond acceptors (Lipinski definition) is 6. The fourth-order valence-corrected chi connectivity index (χ4v) is 2.45. The molecule has 0 aliphatic heterocycles. The first-order valence-electron chi connectivity index (χ1n) is 9.28. The summed E-state index contributed by atoms with van der Waals surface area (Å²) < 4.78 is 10.1. The molecule has 0 saturated heterocycles. The average molecular weight is 394 g/mol. The van der Waals surface area contributed by atoms with Gasteiger partial charge in [0.25, 0.3) is 0 Å². The van der Waals surface area contributed by atoms with Crippen molar-refractivity contribution in [3.8, 4) is 0 Å². The molecule has 2 N–H and O–H groups in total. The molecule has 8 nitrogen and oxygen atoms in total. The van der Waals surface area contributed by atoms with E-state index in [1.807, 2.05) is 0 Å². The molecule has 0 unspecified atom stereocenters. The van der Waals surface area contributed by atoms with Crippen molar-refractivity contribution in [2.75, 3.05) is 13.2 Å². The fourth-order valence-electron chi connectivity index (χ4n) is 2.45. The lowest BCUT2D eigenvalue weighted by molar-refractivity contribution is -0.144. The van der Waals surface area contributed by atoms with Crippen LogP contribution in [0.1, 0.15) is 72.1 Å². The largest absolute Gasteiger partial charge is 0.481 e. The number of carboxylic acid groups (broad SMARTS) is 2. The molecule has 1 aromatic rings. The molecule has 0 radical (unpaired) electrons. The Balaban J connectivity index is 2.08. The zero-order valence-electron chi connectivity index (χ0n) is 15.7. The van der Waals surface area contributed by atoms with Crippen LogP contribution in [0, 0.1) is 0 Å². The highest BCUT2D eigenvalue weighted by Gasteiger charge is 2.16. The summed E-state index contributed by atoms with van der Waals surface area (Å²) >= 11 is 0. The van der Waals surface area contributed by atoms with Crippen LogP contribution in [-0.4, -0.2) is 47.3 Å². The first-order valence-corrected chi connectivity index (χ1v) is 9.28. The highest BCUT2D eigenvalue weighted by Crippen LogP contribution is 2.11. The zero-order chi connectivity index (χ0) is 20.8. The van der Waals surface area contributed by atoms with E-state index in [9.17, 15) is 19.2 Å². The van der Waals surface area contributed by atoms with E-state index >= 15 is 0 Å². The van der Waals surface area contributed by atoms with Gasteiger partial charge in [0.05, 0.1) is 24.3 Å². The molecule has 0 amide bonds. The lowest BCUT2D eigenvalue weighted by Crippen LogP contribution is -2.12. The number of ether oxygens (including phenoxy) is 2. The number of rotatable bonds is 14. The SMILES string of the molecule is O=C(O)CCCCCOC(=O)CCCCCOC(=O)c1ccccc1C(=O)O. The summed E-state index contributed by atoms with van der Waals surface area (Å²) in [5.74, 6) is -2.99. The number of benzene rings is 1. The number of unbranched alkanes of at least 4 members (excludes halogenated alkanes) is 4. The summed E-state index contributed by atoms with van der Waals surface area (Å²) in [6.07, 6.45) is 4.14. The van der Waals surface area contributed by atoms with Gasteiger partial charge in [0.15, 0.2) is 0 Å². The van der Waals surface area contributed by atoms with Crippen molar-refractivity contribution in [3.05, 3.63) is 35.4 Å². The molecular formula is C20H26O8. The van der Waals surface area contributed by atoms with E-state index in [-0.39, 0.29) is 36.5 Å². The highest BCUT2D eigenvalue weighted by molar-refractivity contribution is 6.02. The van der Waals surface area contributed by atoms with Crippen LogP contribution in [0.3, 0.4) is 0 Å². The van der Waals surface area contributed by atoms with Crippen molar-refractivity contribution in [3.63, 3.8) is 0 Å². The molecule has 1 aromatic carbocycles. The molecule has 154 valence electrons. The van der Waals surface area contributed by atoms with Crippen molar-refractivity contribution >= 4 is 23.9 Å². The van der Waals surface area contributed by atoms with Crippen LogP contribution in [0.4, 0.5) is 0 Å². The molecule has 28 heavy (non-hydrogen) atoms. The van der Waals surface area contributed by atoms with Gasteiger partial charge in [-0.1, -0.05) is 12.1 Å². The Morgan fingerprint density at radius 2 is 1.29 bits per heavy atom. The number of carbonyl (C=O) groups is 4. The Kier molecular flexibility index (Phi) is 11.0. The summed E-state index contributed by atoms with van der Waals surface area (Å²) in [4.78, 5) is 44.9. The van der Waals surface area contributed by atoms with Crippen LogP contribution in [0.2, 0.25) is 0 Å². The summed E-state index contributed by atoms with van der Waals surface area (Å²) in [6, 6.07) is 5.86. The lowest BCUT2D eigenvalue weighted by atomic mass is 10.1. The number of carboxylic acids is 2. The van der Waals surface area contributed by atoms with Gasteiger partial charge >= 0.3 is 23.9 Å². The second-order valence-corrected chi connectivity index (χ2v) is 6.22. The Morgan fingerprint density at radius 1 is 0.714 bits per heavy atom. The third-order valence-electron chi connectivity index (χ3n) is 3.93. The van der Waals surface area contributed by atoms with Crippen LogP contribution in [0.5, 0.6) is 0 Å². The minimum Gasteiger partial charge on any atom is -0.481 e. The summed E-state index contributed by atoms with van der Waals surface area (Å²) in [5, 5.41) is 17.6. The lowest BCUT2D eigenvalue weighted by Gasteiger charge is -2.07. The van der Waals surface area contributed by atoms with Crippen LogP contribution in [0.25, 0.3) is 0 Å². The molecule has 0 heterocycles. The van der Waals surface area contributed by atoms with Crippen molar-refractivity contribution in [1.82, 2.24) is 0 Å². The van der Waals surface area contributed by atoms with Gasteiger partial charge in [0, 0.05) is 12.8 Å². The van der Waals surface area contributed by atoms with E-state index in [0.717, 1.165) is 0 Å². The van der Waals surface area contributed by atoms with Gasteiger partial charge in [0.1, 0.15) is 0 Å². The normalized spacial score (nSPS) is 10.3. The monoisotopic (exact) mass is 394 g/mol. The fraction of sp³-hybridized carbons (Fsp3) is 0.500. The molecule has 1 rings (SSSR count). The van der Waals surface area contributed by atoms with Gasteiger partial charge in [-0.25, -0.2) is 9.59 Å². The predicted octanol–water partition coefficient (Wildman–Crippen LogP) is 3.29. The maximum Gasteiger partial charge on any atom is 0.339 e. The smallest absolute Gasteiger partial charge is 0.339 e. The Bertz CT molecular complexity index is 668. The van der Waals surface area contributed by atoms with Crippen molar-refractivity contribution < 1.29 is 38.9 Å². The van der Waals surface area contributed by atoms with E-state index in [0.29, 0.717) is 45.1 Å². The molecule has 0 aliphatic carbocycles. The summed E-state index contributed by atoms with van der Waals surface area (Å²) in [7, 11) is 0. The van der Waals surface area contributed by atoms with Gasteiger partial charge in [-0.15, -0.1) is 0 Å². The average Bonchev–Trinajstić information content (AvgIpc) is 2.66. The third kappa shape index (κ3) is 9.70. The maximum atomic E-state index is 11.9. The first kappa shape index (κ1) is 23.1. The van der Waals surface area contributed by atoms with E-state index in [1.54, 1.807) is 6.07 Å². The van der Waals surface area contributed by atoms with E-state index in [2.05, 4.69) is 0 Å². The molecule has 0 fully saturated rings. The number of aliphatic carboxylic acids is 1. The second kappa shape index (κ2) is 13.3. The molecule has 0 aliphatic rings. The number of esters is 2. The molecule has 0 atom stereocenters. The van der Waals surface area contributed by atoms with Gasteiger partial charge in [-0.05, 0) is 50.7 Å². The van der Waals surface area contributed by atoms with E-state index in [4.69, 9.17) is 19.7 Å².